The molecule has 0 spiro atoms. The number of nitrogens with zero attached hydrogens (tertiary/aromatic N) is 2. The van der Waals surface area contributed by atoms with Crippen molar-refractivity contribution in [1.29, 1.82) is 0 Å². The van der Waals surface area contributed by atoms with E-state index < -0.39 is 0 Å². The van der Waals surface area contributed by atoms with Crippen molar-refractivity contribution in [1.82, 2.24) is 9.47 Å². The maximum Gasteiger partial charge on any atom is 0.265 e. The number of thioether (sulfide) groups is 1. The number of rotatable bonds is 1. The molecule has 1 amide bonds. The number of benzene rings is 1. The van der Waals surface area contributed by atoms with E-state index in [1.54, 1.807) is 7.05 Å². The Bertz CT molecular complexity index is 730. The molecule has 96 valence electrons. The van der Waals surface area contributed by atoms with Gasteiger partial charge in [-0.05, 0) is 12.1 Å². The monoisotopic (exact) mass is 288 g/mol. The van der Waals surface area contributed by atoms with Crippen LogP contribution in [-0.4, -0.2) is 26.7 Å². The van der Waals surface area contributed by atoms with E-state index in [1.165, 1.54) is 16.7 Å². The molecule has 1 aliphatic heterocycles. The highest BCUT2D eigenvalue weighted by Gasteiger charge is 2.28. The van der Waals surface area contributed by atoms with E-state index in [2.05, 4.69) is 16.7 Å². The van der Waals surface area contributed by atoms with Crippen LogP contribution in [0, 0.1) is 0 Å². The van der Waals surface area contributed by atoms with Gasteiger partial charge in [-0.2, -0.15) is 0 Å². The number of carbonyl (C=O) groups is 1. The third kappa shape index (κ3) is 1.99. The van der Waals surface area contributed by atoms with Crippen molar-refractivity contribution in [3.8, 4) is 0 Å². The third-order valence-electron chi connectivity index (χ3n) is 3.20. The van der Waals surface area contributed by atoms with Crippen LogP contribution in [0.3, 0.4) is 0 Å². The molecule has 0 atom stereocenters. The first-order valence-electron chi connectivity index (χ1n) is 5.83. The molecular weight excluding hydrogens is 276 g/mol. The summed E-state index contributed by atoms with van der Waals surface area (Å²) in [5.41, 5.74) is 2.20. The highest BCUT2D eigenvalue weighted by molar-refractivity contribution is 8.26. The van der Waals surface area contributed by atoms with Gasteiger partial charge in [-0.15, -0.1) is 0 Å². The normalized spacial score (nSPS) is 18.0. The van der Waals surface area contributed by atoms with Crippen LogP contribution in [-0.2, 0) is 11.8 Å². The van der Waals surface area contributed by atoms with Crippen LogP contribution in [0.1, 0.15) is 5.56 Å². The predicted octanol–water partition coefficient (Wildman–Crippen LogP) is 3.01. The maximum absolute atomic E-state index is 12.0. The summed E-state index contributed by atoms with van der Waals surface area (Å²) in [4.78, 5) is 14.2. The van der Waals surface area contributed by atoms with Gasteiger partial charge in [-0.3, -0.25) is 9.69 Å². The molecule has 1 aromatic heterocycles. The highest BCUT2D eigenvalue weighted by atomic mass is 32.2. The van der Waals surface area contributed by atoms with Crippen molar-refractivity contribution in [2.24, 2.45) is 7.05 Å². The lowest BCUT2D eigenvalue weighted by atomic mass is 10.1. The van der Waals surface area contributed by atoms with Crippen LogP contribution < -0.4 is 0 Å². The Hall–Kier alpha value is -1.59. The molecule has 1 saturated heterocycles. The molecule has 1 aromatic carbocycles. The van der Waals surface area contributed by atoms with Crippen LogP contribution in [0.2, 0.25) is 0 Å². The van der Waals surface area contributed by atoms with Crippen molar-refractivity contribution < 1.29 is 4.79 Å². The molecule has 3 nitrogen and oxygen atoms in total. The first-order valence-corrected chi connectivity index (χ1v) is 7.06. The number of hydrogen-bond acceptors (Lipinski definition) is 3. The fraction of sp³-hybridized carbons (Fsp3) is 0.143. The molecule has 1 fully saturated rings. The van der Waals surface area contributed by atoms with Crippen molar-refractivity contribution in [2.75, 3.05) is 7.05 Å². The molecule has 0 aliphatic carbocycles. The Kier molecular flexibility index (Phi) is 2.95. The summed E-state index contributed by atoms with van der Waals surface area (Å²) < 4.78 is 2.67. The van der Waals surface area contributed by atoms with Gasteiger partial charge in [0, 0.05) is 36.8 Å². The van der Waals surface area contributed by atoms with E-state index in [-0.39, 0.29) is 5.91 Å². The fourth-order valence-electron chi connectivity index (χ4n) is 2.17. The molecule has 0 N–H and O–H groups in total. The molecule has 2 heterocycles. The number of carbonyl (C=O) groups excluding carboxylic acids is 1. The van der Waals surface area contributed by atoms with Crippen LogP contribution >= 0.6 is 24.0 Å². The number of amides is 1. The van der Waals surface area contributed by atoms with E-state index in [9.17, 15) is 4.79 Å². The van der Waals surface area contributed by atoms with Gasteiger partial charge >= 0.3 is 0 Å². The third-order valence-corrected chi connectivity index (χ3v) is 4.69. The Labute approximate surface area is 120 Å². The second kappa shape index (κ2) is 4.51. The van der Waals surface area contributed by atoms with Gasteiger partial charge < -0.3 is 4.57 Å². The summed E-state index contributed by atoms with van der Waals surface area (Å²) in [5.74, 6) is -0.0251. The average molecular weight is 288 g/mol. The zero-order chi connectivity index (χ0) is 13.6. The van der Waals surface area contributed by atoms with Crippen LogP contribution in [0.15, 0.2) is 35.4 Å². The Morgan fingerprint density at radius 3 is 2.68 bits per heavy atom. The molecule has 0 saturated carbocycles. The van der Waals surface area contributed by atoms with Gasteiger partial charge in [0.25, 0.3) is 5.91 Å². The second-order valence-electron chi connectivity index (χ2n) is 4.45. The second-order valence-corrected chi connectivity index (χ2v) is 6.13. The van der Waals surface area contributed by atoms with Crippen LogP contribution in [0.4, 0.5) is 0 Å². The van der Waals surface area contributed by atoms with Crippen molar-refractivity contribution in [2.45, 2.75) is 0 Å². The standard InChI is InChI=1S/C14H12N2OS2/c1-15-8-9(10-5-3-4-6-11(10)15)7-12-13(17)16(2)14(18)19-12/h3-8H,1-2H3. The lowest BCUT2D eigenvalue weighted by molar-refractivity contribution is -0.121. The number of thiocarbonyl (C=S) groups is 1. The minimum atomic E-state index is -0.0251. The average Bonchev–Trinajstić information content (AvgIpc) is 2.84. The Balaban J connectivity index is 2.12. The molecule has 0 bridgehead atoms. The van der Waals surface area contributed by atoms with Gasteiger partial charge in [-0.1, -0.05) is 42.2 Å². The van der Waals surface area contributed by atoms with Gasteiger partial charge in [0.05, 0.1) is 4.91 Å². The number of hydrogen-bond donors (Lipinski definition) is 0. The summed E-state index contributed by atoms with van der Waals surface area (Å²) in [6, 6.07) is 8.15. The van der Waals surface area contributed by atoms with E-state index in [0.29, 0.717) is 9.23 Å². The summed E-state index contributed by atoms with van der Waals surface area (Å²) in [7, 11) is 3.71. The Morgan fingerprint density at radius 1 is 1.26 bits per heavy atom. The zero-order valence-electron chi connectivity index (χ0n) is 10.6. The van der Waals surface area contributed by atoms with Gasteiger partial charge in [0.15, 0.2) is 0 Å². The summed E-state index contributed by atoms with van der Waals surface area (Å²) >= 11 is 6.49. The summed E-state index contributed by atoms with van der Waals surface area (Å²) in [6.45, 7) is 0. The molecule has 0 radical (unpaired) electrons. The minimum absolute atomic E-state index is 0.0251. The smallest absolute Gasteiger partial charge is 0.265 e. The lowest BCUT2D eigenvalue weighted by Gasteiger charge is -2.03. The van der Waals surface area contributed by atoms with Crippen molar-refractivity contribution in [3.63, 3.8) is 0 Å². The Morgan fingerprint density at radius 2 is 2.00 bits per heavy atom. The first-order chi connectivity index (χ1) is 9.08. The molecular formula is C14H12N2OS2. The maximum atomic E-state index is 12.0. The highest BCUT2D eigenvalue weighted by Crippen LogP contribution is 2.33. The first kappa shape index (κ1) is 12.4. The van der Waals surface area contributed by atoms with Crippen molar-refractivity contribution in [3.05, 3.63) is 40.9 Å². The predicted molar refractivity (Wildman–Crippen MR) is 83.9 cm³/mol. The summed E-state index contributed by atoms with van der Waals surface area (Å²) in [5, 5.41) is 1.14. The van der Waals surface area contributed by atoms with E-state index in [4.69, 9.17) is 12.2 Å². The molecule has 19 heavy (non-hydrogen) atoms. The largest absolute Gasteiger partial charge is 0.350 e. The van der Waals surface area contributed by atoms with E-state index in [1.807, 2.05) is 31.5 Å². The van der Waals surface area contributed by atoms with Gasteiger partial charge in [0.2, 0.25) is 0 Å². The number of para-hydroxylation sites is 1. The molecule has 2 aromatic rings. The van der Waals surface area contributed by atoms with Crippen molar-refractivity contribution >= 4 is 51.2 Å². The minimum Gasteiger partial charge on any atom is -0.350 e. The molecule has 1 aliphatic rings. The molecule has 3 rings (SSSR count). The zero-order valence-corrected chi connectivity index (χ0v) is 12.2. The molecule has 0 unspecified atom stereocenters. The molecule has 5 heteroatoms. The fourth-order valence-corrected chi connectivity index (χ4v) is 3.35. The SMILES string of the molecule is CN1C(=O)C(=Cc2cn(C)c3ccccc23)SC1=S. The topological polar surface area (TPSA) is 25.2 Å². The number of aromatic nitrogens is 1. The number of fused-ring (bicyclic) bond motifs is 1. The van der Waals surface area contributed by atoms with Crippen LogP contribution in [0.5, 0.6) is 0 Å². The number of aryl methyl sites for hydroxylation is 1. The van der Waals surface area contributed by atoms with Gasteiger partial charge in [0.1, 0.15) is 4.32 Å². The van der Waals surface area contributed by atoms with E-state index >= 15 is 0 Å². The summed E-state index contributed by atoms with van der Waals surface area (Å²) in [6.07, 6.45) is 3.96. The number of likely N-dealkylation sites (N-methyl/N-ethyl adjacent to an activating group) is 1. The van der Waals surface area contributed by atoms with E-state index in [0.717, 1.165) is 16.5 Å². The quantitative estimate of drug-likeness (QED) is 0.596. The van der Waals surface area contributed by atoms with Crippen LogP contribution in [0.25, 0.3) is 17.0 Å². The lowest BCUT2D eigenvalue weighted by Crippen LogP contribution is -2.22. The van der Waals surface area contributed by atoms with Gasteiger partial charge in [-0.25, -0.2) is 0 Å².